The van der Waals surface area contributed by atoms with Crippen molar-refractivity contribution in [2.75, 3.05) is 11.5 Å². The molecule has 2 heterocycles. The molecule has 1 aromatic heterocycles. The average molecular weight is 379 g/mol. The average Bonchev–Trinajstić information content (AvgIpc) is 3.39. The first-order valence-corrected chi connectivity index (χ1v) is 9.81. The van der Waals surface area contributed by atoms with Gasteiger partial charge < -0.3 is 14.6 Å². The van der Waals surface area contributed by atoms with E-state index in [1.54, 1.807) is 6.07 Å². The maximum Gasteiger partial charge on any atom is 0.238 e. The molecule has 1 spiro atoms. The summed E-state index contributed by atoms with van der Waals surface area (Å²) in [4.78, 5) is 19.7. The van der Waals surface area contributed by atoms with Crippen molar-refractivity contribution >= 4 is 22.6 Å². The second-order valence-electron chi connectivity index (χ2n) is 7.73. The van der Waals surface area contributed by atoms with Crippen molar-refractivity contribution in [1.29, 1.82) is 0 Å². The number of aliphatic hydroxyl groups is 1. The molecule has 5 nitrogen and oxygen atoms in total. The second-order valence-corrected chi connectivity index (χ2v) is 7.73. The Kier molecular flexibility index (Phi) is 3.98. The standard InChI is InChI=1S/C22H22FN3O2/c23-15-7-8-19-17(13-15)24-20(25(19)11-3-4-12-27)14-26-18-6-2-1-5-16(18)22(9-10-22)21(26)28/h1-2,5-8,13,27H,3-4,9-12,14H2. The number of hydrogen-bond donors (Lipinski definition) is 1. The van der Waals surface area contributed by atoms with Crippen LogP contribution in [-0.2, 0) is 23.3 Å². The number of nitrogens with zero attached hydrogens (tertiary/aromatic N) is 3. The minimum Gasteiger partial charge on any atom is -0.396 e. The van der Waals surface area contributed by atoms with Gasteiger partial charge in [-0.1, -0.05) is 18.2 Å². The topological polar surface area (TPSA) is 58.4 Å². The van der Waals surface area contributed by atoms with Gasteiger partial charge in [0.25, 0.3) is 0 Å². The van der Waals surface area contributed by atoms with Gasteiger partial charge >= 0.3 is 0 Å². The SMILES string of the molecule is O=C1N(Cc2nc3cc(F)ccc3n2CCCCO)c2ccccc2C12CC2. The quantitative estimate of drug-likeness (QED) is 0.667. The molecule has 1 amide bonds. The van der Waals surface area contributed by atoms with Crippen molar-refractivity contribution < 1.29 is 14.3 Å². The maximum atomic E-state index is 13.7. The van der Waals surface area contributed by atoms with E-state index in [1.807, 2.05) is 23.1 Å². The number of para-hydroxylation sites is 1. The Balaban J connectivity index is 1.54. The number of rotatable bonds is 6. The van der Waals surface area contributed by atoms with Crippen molar-refractivity contribution in [2.45, 2.75) is 44.2 Å². The summed E-state index contributed by atoms with van der Waals surface area (Å²) in [6, 6.07) is 12.6. The van der Waals surface area contributed by atoms with E-state index in [0.717, 1.165) is 41.9 Å². The molecule has 28 heavy (non-hydrogen) atoms. The summed E-state index contributed by atoms with van der Waals surface area (Å²) in [5.74, 6) is 0.576. The van der Waals surface area contributed by atoms with Crippen LogP contribution >= 0.6 is 0 Å². The first-order chi connectivity index (χ1) is 13.6. The number of amides is 1. The maximum absolute atomic E-state index is 13.7. The zero-order chi connectivity index (χ0) is 19.3. The van der Waals surface area contributed by atoms with E-state index in [2.05, 4.69) is 15.6 Å². The van der Waals surface area contributed by atoms with Gasteiger partial charge in [-0.3, -0.25) is 4.79 Å². The van der Waals surface area contributed by atoms with Crippen LogP contribution in [0.25, 0.3) is 11.0 Å². The van der Waals surface area contributed by atoms with Gasteiger partial charge in [0.15, 0.2) is 0 Å². The Bertz CT molecular complexity index is 1070. The molecule has 1 aliphatic heterocycles. The van der Waals surface area contributed by atoms with Gasteiger partial charge in [0.2, 0.25) is 5.91 Å². The summed E-state index contributed by atoms with van der Waals surface area (Å²) in [6.07, 6.45) is 3.28. The molecule has 0 radical (unpaired) electrons. The van der Waals surface area contributed by atoms with E-state index in [4.69, 9.17) is 5.11 Å². The normalized spacial score (nSPS) is 16.9. The number of hydrogen-bond acceptors (Lipinski definition) is 3. The number of carbonyl (C=O) groups excluding carboxylic acids is 1. The number of fused-ring (bicyclic) bond motifs is 3. The number of aryl methyl sites for hydroxylation is 1. The van der Waals surface area contributed by atoms with Crippen LogP contribution in [0.5, 0.6) is 0 Å². The van der Waals surface area contributed by atoms with Gasteiger partial charge in [0.1, 0.15) is 11.6 Å². The van der Waals surface area contributed by atoms with Gasteiger partial charge in [0, 0.05) is 24.9 Å². The molecule has 144 valence electrons. The number of halogens is 1. The van der Waals surface area contributed by atoms with E-state index in [1.165, 1.54) is 12.1 Å². The van der Waals surface area contributed by atoms with Crippen LogP contribution in [-0.4, -0.2) is 27.2 Å². The lowest BCUT2D eigenvalue weighted by atomic mass is 9.98. The van der Waals surface area contributed by atoms with Gasteiger partial charge in [-0.2, -0.15) is 0 Å². The largest absolute Gasteiger partial charge is 0.396 e. The number of benzene rings is 2. The lowest BCUT2D eigenvalue weighted by molar-refractivity contribution is -0.120. The molecule has 0 bridgehead atoms. The summed E-state index contributed by atoms with van der Waals surface area (Å²) < 4.78 is 15.8. The second kappa shape index (κ2) is 6.41. The van der Waals surface area contributed by atoms with Crippen LogP contribution < -0.4 is 4.90 Å². The van der Waals surface area contributed by atoms with Crippen LogP contribution in [0.15, 0.2) is 42.5 Å². The van der Waals surface area contributed by atoms with E-state index < -0.39 is 0 Å². The minimum atomic E-state index is -0.337. The van der Waals surface area contributed by atoms with E-state index in [0.29, 0.717) is 25.0 Å². The van der Waals surface area contributed by atoms with Crippen molar-refractivity contribution in [2.24, 2.45) is 0 Å². The lowest BCUT2D eigenvalue weighted by Crippen LogP contribution is -2.32. The molecule has 1 saturated carbocycles. The Morgan fingerprint density at radius 2 is 1.96 bits per heavy atom. The van der Waals surface area contributed by atoms with E-state index in [9.17, 15) is 9.18 Å². The smallest absolute Gasteiger partial charge is 0.238 e. The monoisotopic (exact) mass is 379 g/mol. The molecule has 2 aromatic carbocycles. The number of anilines is 1. The highest BCUT2D eigenvalue weighted by atomic mass is 19.1. The van der Waals surface area contributed by atoms with Crippen LogP contribution in [0.3, 0.4) is 0 Å². The molecule has 2 aliphatic rings. The first-order valence-electron chi connectivity index (χ1n) is 9.81. The third kappa shape index (κ3) is 2.55. The van der Waals surface area contributed by atoms with Crippen LogP contribution in [0.4, 0.5) is 10.1 Å². The Labute approximate surface area is 162 Å². The van der Waals surface area contributed by atoms with Crippen LogP contribution in [0, 0.1) is 5.82 Å². The molecule has 1 N–H and O–H groups in total. The zero-order valence-electron chi connectivity index (χ0n) is 15.6. The summed E-state index contributed by atoms with van der Waals surface area (Å²) in [5.41, 5.74) is 3.20. The summed E-state index contributed by atoms with van der Waals surface area (Å²) in [7, 11) is 0. The number of aromatic nitrogens is 2. The molecule has 5 rings (SSSR count). The molecule has 0 saturated heterocycles. The Hall–Kier alpha value is -2.73. The molecular weight excluding hydrogens is 357 g/mol. The molecule has 1 fully saturated rings. The highest BCUT2D eigenvalue weighted by molar-refractivity contribution is 6.10. The number of aliphatic hydroxyl groups excluding tert-OH is 1. The lowest BCUT2D eigenvalue weighted by Gasteiger charge is -2.19. The Morgan fingerprint density at radius 3 is 2.75 bits per heavy atom. The number of carbonyl (C=O) groups is 1. The zero-order valence-corrected chi connectivity index (χ0v) is 15.6. The van der Waals surface area contributed by atoms with Gasteiger partial charge in [0.05, 0.1) is 23.0 Å². The summed E-state index contributed by atoms with van der Waals surface area (Å²) >= 11 is 0. The number of imidazole rings is 1. The third-order valence-corrected chi connectivity index (χ3v) is 5.99. The predicted molar refractivity (Wildman–Crippen MR) is 105 cm³/mol. The third-order valence-electron chi connectivity index (χ3n) is 5.99. The van der Waals surface area contributed by atoms with Gasteiger partial charge in [-0.15, -0.1) is 0 Å². The molecule has 6 heteroatoms. The number of unbranched alkanes of at least 4 members (excludes halogenated alkanes) is 1. The molecular formula is C22H22FN3O2. The highest BCUT2D eigenvalue weighted by Crippen LogP contribution is 2.57. The molecule has 1 aliphatic carbocycles. The van der Waals surface area contributed by atoms with E-state index >= 15 is 0 Å². The Morgan fingerprint density at radius 1 is 1.14 bits per heavy atom. The minimum absolute atomic E-state index is 0.136. The fourth-order valence-electron chi connectivity index (χ4n) is 4.41. The van der Waals surface area contributed by atoms with Crippen molar-refractivity contribution in [3.05, 3.63) is 59.7 Å². The fourth-order valence-corrected chi connectivity index (χ4v) is 4.41. The van der Waals surface area contributed by atoms with Crippen molar-refractivity contribution in [3.8, 4) is 0 Å². The molecule has 0 unspecified atom stereocenters. The van der Waals surface area contributed by atoms with E-state index in [-0.39, 0.29) is 23.7 Å². The summed E-state index contributed by atoms with van der Waals surface area (Å²) in [6.45, 7) is 1.18. The van der Waals surface area contributed by atoms with Crippen molar-refractivity contribution in [1.82, 2.24) is 9.55 Å². The van der Waals surface area contributed by atoms with Crippen LogP contribution in [0.2, 0.25) is 0 Å². The predicted octanol–water partition coefficient (Wildman–Crippen LogP) is 3.53. The van der Waals surface area contributed by atoms with Gasteiger partial charge in [-0.05, 0) is 49.4 Å². The van der Waals surface area contributed by atoms with Crippen LogP contribution in [0.1, 0.15) is 37.1 Å². The first kappa shape index (κ1) is 17.4. The summed E-state index contributed by atoms with van der Waals surface area (Å²) in [5, 5.41) is 9.12. The molecule has 0 atom stereocenters. The fraction of sp³-hybridized carbons (Fsp3) is 0.364. The van der Waals surface area contributed by atoms with Crippen molar-refractivity contribution in [3.63, 3.8) is 0 Å². The highest BCUT2D eigenvalue weighted by Gasteiger charge is 2.59. The van der Waals surface area contributed by atoms with Gasteiger partial charge in [-0.25, -0.2) is 9.37 Å². The molecule has 3 aromatic rings.